The summed E-state index contributed by atoms with van der Waals surface area (Å²) in [6.07, 6.45) is 0. The van der Waals surface area contributed by atoms with Crippen molar-refractivity contribution in [2.45, 2.75) is 13.0 Å². The highest BCUT2D eigenvalue weighted by atomic mass is 35.5. The van der Waals surface area contributed by atoms with Crippen molar-refractivity contribution in [3.63, 3.8) is 0 Å². The topological polar surface area (TPSA) is 15.3 Å². The summed E-state index contributed by atoms with van der Waals surface area (Å²) in [6.45, 7) is 4.26. The Labute approximate surface area is 94.9 Å². The molecule has 0 aliphatic carbocycles. The quantitative estimate of drug-likeness (QED) is 0.840. The van der Waals surface area contributed by atoms with E-state index in [-0.39, 0.29) is 0 Å². The molecule has 0 saturated heterocycles. The number of hydrogen-bond donors (Lipinski definition) is 1. The van der Waals surface area contributed by atoms with E-state index in [0.717, 1.165) is 17.4 Å². The van der Waals surface area contributed by atoms with Crippen molar-refractivity contribution in [2.75, 3.05) is 27.2 Å². The van der Waals surface area contributed by atoms with E-state index >= 15 is 0 Å². The second-order valence-corrected chi connectivity index (χ2v) is 4.99. The van der Waals surface area contributed by atoms with Crippen LogP contribution in [0.2, 0.25) is 4.34 Å². The third-order valence-electron chi connectivity index (χ3n) is 2.45. The fraction of sp³-hybridized carbons (Fsp3) is 0.600. The lowest BCUT2D eigenvalue weighted by molar-refractivity contribution is 0.264. The molecule has 0 spiro atoms. The second kappa shape index (κ2) is 5.71. The smallest absolute Gasteiger partial charge is 0.0931 e. The molecule has 2 nitrogen and oxygen atoms in total. The van der Waals surface area contributed by atoms with Crippen LogP contribution in [-0.4, -0.2) is 32.1 Å². The van der Waals surface area contributed by atoms with Gasteiger partial charge in [-0.05, 0) is 38.0 Å². The minimum atomic E-state index is 0.437. The molecule has 0 saturated carbocycles. The number of likely N-dealkylation sites (N-methyl/N-ethyl adjacent to an activating group) is 2. The molecular weight excluding hydrogens is 216 g/mol. The maximum Gasteiger partial charge on any atom is 0.0931 e. The molecule has 1 N–H and O–H groups in total. The van der Waals surface area contributed by atoms with E-state index in [4.69, 9.17) is 11.6 Å². The van der Waals surface area contributed by atoms with Crippen LogP contribution in [0.15, 0.2) is 11.4 Å². The normalized spacial score (nSPS) is 13.5. The minimum Gasteiger partial charge on any atom is -0.318 e. The van der Waals surface area contributed by atoms with E-state index in [9.17, 15) is 0 Å². The van der Waals surface area contributed by atoms with Crippen LogP contribution in [0.4, 0.5) is 0 Å². The molecule has 0 bridgehead atoms. The first kappa shape index (κ1) is 12.0. The van der Waals surface area contributed by atoms with Gasteiger partial charge < -0.3 is 5.32 Å². The summed E-state index contributed by atoms with van der Waals surface area (Å²) in [5.41, 5.74) is 1.30. The van der Waals surface area contributed by atoms with Gasteiger partial charge in [-0.3, -0.25) is 4.90 Å². The first-order valence-electron chi connectivity index (χ1n) is 4.74. The van der Waals surface area contributed by atoms with Gasteiger partial charge in [0, 0.05) is 19.1 Å². The molecule has 4 heteroatoms. The van der Waals surface area contributed by atoms with Gasteiger partial charge in [-0.1, -0.05) is 11.6 Å². The van der Waals surface area contributed by atoms with Crippen molar-refractivity contribution in [2.24, 2.45) is 0 Å². The molecule has 0 aliphatic heterocycles. The summed E-state index contributed by atoms with van der Waals surface area (Å²) >= 11 is 7.50. The van der Waals surface area contributed by atoms with E-state index in [1.807, 2.05) is 13.1 Å². The van der Waals surface area contributed by atoms with Crippen molar-refractivity contribution in [1.82, 2.24) is 10.2 Å². The minimum absolute atomic E-state index is 0.437. The van der Waals surface area contributed by atoms with Gasteiger partial charge in [-0.2, -0.15) is 0 Å². The van der Waals surface area contributed by atoms with Crippen LogP contribution in [0.1, 0.15) is 18.5 Å². The Morgan fingerprint density at radius 2 is 2.36 bits per heavy atom. The summed E-state index contributed by atoms with van der Waals surface area (Å²) < 4.78 is 0.869. The summed E-state index contributed by atoms with van der Waals surface area (Å²) in [5.74, 6) is 0. The van der Waals surface area contributed by atoms with E-state index in [0.29, 0.717) is 6.04 Å². The average molecular weight is 233 g/mol. The average Bonchev–Trinajstić information content (AvgIpc) is 2.60. The van der Waals surface area contributed by atoms with Crippen LogP contribution < -0.4 is 5.32 Å². The van der Waals surface area contributed by atoms with Gasteiger partial charge in [-0.15, -0.1) is 11.3 Å². The number of hydrogen-bond acceptors (Lipinski definition) is 3. The Bertz CT molecular complexity index is 275. The molecule has 1 atom stereocenters. The SMILES string of the molecule is CNCCN(C)C(C)c1csc(Cl)c1. The number of thiophene rings is 1. The molecular formula is C10H17ClN2S. The van der Waals surface area contributed by atoms with Crippen LogP contribution in [0.25, 0.3) is 0 Å². The fourth-order valence-electron chi connectivity index (χ4n) is 1.28. The first-order valence-corrected chi connectivity index (χ1v) is 5.99. The highest BCUT2D eigenvalue weighted by Gasteiger charge is 2.12. The van der Waals surface area contributed by atoms with Gasteiger partial charge in [-0.25, -0.2) is 0 Å². The highest BCUT2D eigenvalue weighted by Crippen LogP contribution is 2.27. The Morgan fingerprint density at radius 1 is 1.64 bits per heavy atom. The lowest BCUT2D eigenvalue weighted by Gasteiger charge is -2.23. The zero-order chi connectivity index (χ0) is 10.6. The van der Waals surface area contributed by atoms with Crippen molar-refractivity contribution >= 4 is 22.9 Å². The molecule has 14 heavy (non-hydrogen) atoms. The van der Waals surface area contributed by atoms with Crippen molar-refractivity contribution in [3.05, 3.63) is 21.3 Å². The zero-order valence-electron chi connectivity index (χ0n) is 8.88. The predicted molar refractivity (Wildman–Crippen MR) is 64.3 cm³/mol. The number of halogens is 1. The lowest BCUT2D eigenvalue weighted by atomic mass is 10.1. The van der Waals surface area contributed by atoms with Crippen molar-refractivity contribution in [3.8, 4) is 0 Å². The van der Waals surface area contributed by atoms with Crippen LogP contribution in [0.5, 0.6) is 0 Å². The molecule has 1 unspecified atom stereocenters. The maximum atomic E-state index is 5.90. The van der Waals surface area contributed by atoms with Crippen molar-refractivity contribution in [1.29, 1.82) is 0 Å². The second-order valence-electron chi connectivity index (χ2n) is 3.44. The Kier molecular flexibility index (Phi) is 4.89. The van der Waals surface area contributed by atoms with E-state index < -0.39 is 0 Å². The van der Waals surface area contributed by atoms with Crippen LogP contribution in [0, 0.1) is 0 Å². The molecule has 80 valence electrons. The number of nitrogens with zero attached hydrogens (tertiary/aromatic N) is 1. The lowest BCUT2D eigenvalue weighted by Crippen LogP contribution is -2.29. The van der Waals surface area contributed by atoms with E-state index in [1.165, 1.54) is 5.56 Å². The number of nitrogens with one attached hydrogen (secondary N) is 1. The van der Waals surface area contributed by atoms with Crippen LogP contribution in [-0.2, 0) is 0 Å². The maximum absolute atomic E-state index is 5.90. The molecule has 1 heterocycles. The third-order valence-corrected chi connectivity index (χ3v) is 3.56. The van der Waals surface area contributed by atoms with Crippen molar-refractivity contribution < 1.29 is 0 Å². The summed E-state index contributed by atoms with van der Waals surface area (Å²) in [6, 6.07) is 2.49. The molecule has 0 radical (unpaired) electrons. The molecule has 0 amide bonds. The van der Waals surface area contributed by atoms with E-state index in [2.05, 4.69) is 29.6 Å². The van der Waals surface area contributed by atoms with Gasteiger partial charge in [0.2, 0.25) is 0 Å². The summed E-state index contributed by atoms with van der Waals surface area (Å²) in [7, 11) is 4.10. The number of rotatable bonds is 5. The molecule has 0 aliphatic rings. The molecule has 1 aromatic heterocycles. The highest BCUT2D eigenvalue weighted by molar-refractivity contribution is 7.14. The van der Waals surface area contributed by atoms with Gasteiger partial charge in [0.1, 0.15) is 0 Å². The van der Waals surface area contributed by atoms with Crippen LogP contribution in [0.3, 0.4) is 0 Å². The summed E-state index contributed by atoms with van der Waals surface area (Å²) in [5, 5.41) is 5.27. The Balaban J connectivity index is 2.51. The van der Waals surface area contributed by atoms with Gasteiger partial charge in [0.05, 0.1) is 4.34 Å². The fourth-order valence-corrected chi connectivity index (χ4v) is 2.26. The summed E-state index contributed by atoms with van der Waals surface area (Å²) in [4.78, 5) is 2.31. The van der Waals surface area contributed by atoms with Gasteiger partial charge in [0.15, 0.2) is 0 Å². The largest absolute Gasteiger partial charge is 0.318 e. The standard InChI is InChI=1S/C10H17ClN2S/c1-8(13(3)5-4-12-2)9-6-10(11)14-7-9/h6-8,12H,4-5H2,1-3H3. The molecule has 0 aromatic carbocycles. The molecule has 0 fully saturated rings. The molecule has 1 aromatic rings. The predicted octanol–water partition coefficient (Wildman–Crippen LogP) is 2.61. The first-order chi connectivity index (χ1) is 6.65. The monoisotopic (exact) mass is 232 g/mol. The third kappa shape index (κ3) is 3.24. The zero-order valence-corrected chi connectivity index (χ0v) is 10.5. The Morgan fingerprint density at radius 3 is 2.86 bits per heavy atom. The van der Waals surface area contributed by atoms with Crippen LogP contribution >= 0.6 is 22.9 Å². The molecule has 1 rings (SSSR count). The van der Waals surface area contributed by atoms with Gasteiger partial charge >= 0.3 is 0 Å². The Hall–Kier alpha value is -0.0900. The van der Waals surface area contributed by atoms with E-state index in [1.54, 1.807) is 11.3 Å². The van der Waals surface area contributed by atoms with Gasteiger partial charge in [0.25, 0.3) is 0 Å².